The van der Waals surface area contributed by atoms with Gasteiger partial charge in [-0.3, -0.25) is 14.4 Å². The summed E-state index contributed by atoms with van der Waals surface area (Å²) >= 11 is 0. The normalized spacial score (nSPS) is 29.1. The van der Waals surface area contributed by atoms with Gasteiger partial charge in [-0.15, -0.1) is 0 Å². The highest BCUT2D eigenvalue weighted by Crippen LogP contribution is 2.54. The Labute approximate surface area is 244 Å². The fourth-order valence-corrected chi connectivity index (χ4v) is 6.75. The molecule has 1 unspecified atom stereocenters. The molecule has 10 nitrogen and oxygen atoms in total. The van der Waals surface area contributed by atoms with Crippen LogP contribution >= 0.6 is 0 Å². The van der Waals surface area contributed by atoms with Gasteiger partial charge in [-0.1, -0.05) is 24.3 Å². The lowest BCUT2D eigenvalue weighted by Gasteiger charge is -2.37. The van der Waals surface area contributed by atoms with Crippen LogP contribution in [0.3, 0.4) is 0 Å². The fraction of sp³-hybridized carbons (Fsp3) is 0.406. The first-order valence-electron chi connectivity index (χ1n) is 14.3. The zero-order chi connectivity index (χ0) is 29.6. The van der Waals surface area contributed by atoms with Crippen molar-refractivity contribution in [2.45, 2.75) is 37.6 Å². The van der Waals surface area contributed by atoms with Gasteiger partial charge in [-0.25, -0.2) is 0 Å². The van der Waals surface area contributed by atoms with Crippen LogP contribution in [0, 0.1) is 11.8 Å². The Kier molecular flexibility index (Phi) is 7.28. The van der Waals surface area contributed by atoms with Crippen LogP contribution < -0.4 is 19.3 Å². The van der Waals surface area contributed by atoms with Crippen molar-refractivity contribution in [2.24, 2.45) is 11.8 Å². The smallest absolute Gasteiger partial charge is 0.253 e. The Balaban J connectivity index is 1.40. The molecule has 4 aliphatic rings. The van der Waals surface area contributed by atoms with Gasteiger partial charge in [0.15, 0.2) is 0 Å². The van der Waals surface area contributed by atoms with Crippen LogP contribution in [0.15, 0.2) is 72.8 Å². The van der Waals surface area contributed by atoms with Gasteiger partial charge in [0.1, 0.15) is 23.1 Å². The van der Waals surface area contributed by atoms with Crippen molar-refractivity contribution in [1.29, 1.82) is 0 Å². The van der Waals surface area contributed by atoms with Gasteiger partial charge in [0.25, 0.3) is 5.91 Å². The zero-order valence-corrected chi connectivity index (χ0v) is 23.9. The average molecular weight is 574 g/mol. The summed E-state index contributed by atoms with van der Waals surface area (Å²) in [6, 6.07) is 12.7. The van der Waals surface area contributed by atoms with Gasteiger partial charge in [-0.2, -0.15) is 0 Å². The van der Waals surface area contributed by atoms with Gasteiger partial charge in [-0.05, 0) is 62.4 Å². The van der Waals surface area contributed by atoms with Crippen molar-refractivity contribution >= 4 is 29.1 Å². The maximum absolute atomic E-state index is 14.4. The van der Waals surface area contributed by atoms with Crippen LogP contribution in [0.25, 0.3) is 0 Å². The molecule has 1 N–H and O–H groups in total. The molecule has 220 valence electrons. The number of hydrogen-bond donors (Lipinski definition) is 1. The number of nitrogens with zero attached hydrogens (tertiary/aromatic N) is 3. The molecule has 0 aliphatic carbocycles. The summed E-state index contributed by atoms with van der Waals surface area (Å²) < 4.78 is 17.5. The van der Waals surface area contributed by atoms with E-state index in [2.05, 4.69) is 0 Å². The molecule has 10 heteroatoms. The standard InChI is InChI=1S/C32H35N3O7/c1-4-41-24-14-10-21(11-15-24)33-17-5-7-25-26(29(33)37)27-30(38)35(20(2)19-36)28-31(39)34(18-6-16-32(27,28)42-25)22-8-12-23(40-3)13-9-22/h5-16,20,25-28,36H,4,17-19H2,1-3H3/t20-,25+,26-,27+,28?,32+/m1/s1. The highest BCUT2D eigenvalue weighted by Gasteiger charge is 2.72. The van der Waals surface area contributed by atoms with Gasteiger partial charge in [0.2, 0.25) is 11.8 Å². The number of hydrogen-bond acceptors (Lipinski definition) is 7. The van der Waals surface area contributed by atoms with E-state index < -0.39 is 35.6 Å². The molecular weight excluding hydrogens is 538 g/mol. The number of carbonyl (C=O) groups excluding carboxylic acids is 3. The molecular formula is C32H35N3O7. The van der Waals surface area contributed by atoms with Gasteiger partial charge < -0.3 is 34.0 Å². The van der Waals surface area contributed by atoms with Gasteiger partial charge in [0.05, 0.1) is 44.3 Å². The average Bonchev–Trinajstić information content (AvgIpc) is 3.33. The number of ether oxygens (including phenoxy) is 3. The highest BCUT2D eigenvalue weighted by molar-refractivity contribution is 6.07. The summed E-state index contributed by atoms with van der Waals surface area (Å²) in [5.41, 5.74) is -0.0639. The van der Waals surface area contributed by atoms with Crippen LogP contribution in [-0.2, 0) is 19.1 Å². The number of anilines is 2. The minimum absolute atomic E-state index is 0.251. The molecule has 2 fully saturated rings. The third-order valence-corrected chi connectivity index (χ3v) is 8.68. The molecule has 2 saturated heterocycles. The van der Waals surface area contributed by atoms with Crippen LogP contribution in [0.5, 0.6) is 11.5 Å². The summed E-state index contributed by atoms with van der Waals surface area (Å²) in [7, 11) is 1.57. The van der Waals surface area contributed by atoms with E-state index in [-0.39, 0.29) is 30.9 Å². The van der Waals surface area contributed by atoms with Crippen molar-refractivity contribution in [3.63, 3.8) is 0 Å². The lowest BCUT2D eigenvalue weighted by atomic mass is 9.77. The predicted octanol–water partition coefficient (Wildman–Crippen LogP) is 2.56. The fourth-order valence-electron chi connectivity index (χ4n) is 6.75. The van der Waals surface area contributed by atoms with E-state index in [0.29, 0.717) is 36.0 Å². The Morgan fingerprint density at radius 3 is 2.17 bits per heavy atom. The molecule has 2 aromatic rings. The number of likely N-dealkylation sites (tertiary alicyclic amines) is 1. The largest absolute Gasteiger partial charge is 0.497 e. The molecule has 6 rings (SSSR count). The van der Waals surface area contributed by atoms with Crippen LogP contribution in [0.1, 0.15) is 13.8 Å². The highest BCUT2D eigenvalue weighted by atomic mass is 16.5. The second kappa shape index (κ2) is 10.9. The molecule has 1 spiro atoms. The van der Waals surface area contributed by atoms with E-state index in [4.69, 9.17) is 14.2 Å². The van der Waals surface area contributed by atoms with Crippen LogP contribution in [0.2, 0.25) is 0 Å². The first-order valence-corrected chi connectivity index (χ1v) is 14.3. The molecule has 2 aromatic carbocycles. The number of fused-ring (bicyclic) bond motifs is 2. The number of methoxy groups -OCH3 is 1. The number of aliphatic hydroxyl groups excluding tert-OH is 1. The maximum Gasteiger partial charge on any atom is 0.253 e. The summed E-state index contributed by atoms with van der Waals surface area (Å²) in [6.45, 7) is 4.37. The minimum atomic E-state index is -1.38. The number of aliphatic hydroxyl groups is 1. The molecule has 0 radical (unpaired) electrons. The molecule has 6 atom stereocenters. The van der Waals surface area contributed by atoms with E-state index in [0.717, 1.165) is 0 Å². The van der Waals surface area contributed by atoms with Crippen molar-refractivity contribution in [3.05, 3.63) is 72.8 Å². The van der Waals surface area contributed by atoms with Crippen molar-refractivity contribution < 1.29 is 33.7 Å². The van der Waals surface area contributed by atoms with Gasteiger partial charge in [0, 0.05) is 24.5 Å². The van der Waals surface area contributed by atoms with Crippen LogP contribution in [0.4, 0.5) is 11.4 Å². The number of rotatable bonds is 7. The molecule has 0 saturated carbocycles. The molecule has 0 bridgehead atoms. The summed E-state index contributed by atoms with van der Waals surface area (Å²) in [5, 5.41) is 10.2. The lowest BCUT2D eigenvalue weighted by Crippen LogP contribution is -2.57. The summed E-state index contributed by atoms with van der Waals surface area (Å²) in [6.07, 6.45) is 6.63. The second-order valence-electron chi connectivity index (χ2n) is 11.0. The molecule has 4 heterocycles. The first kappa shape index (κ1) is 28.0. The van der Waals surface area contributed by atoms with E-state index in [1.165, 1.54) is 4.90 Å². The van der Waals surface area contributed by atoms with Crippen molar-refractivity contribution in [1.82, 2.24) is 4.90 Å². The third kappa shape index (κ3) is 4.28. The summed E-state index contributed by atoms with van der Waals surface area (Å²) in [5.74, 6) is -1.41. The predicted molar refractivity (Wildman–Crippen MR) is 155 cm³/mol. The van der Waals surface area contributed by atoms with Gasteiger partial charge >= 0.3 is 0 Å². The second-order valence-corrected chi connectivity index (χ2v) is 11.0. The SMILES string of the molecule is CCOc1ccc(N2CC=C[C@@H]3O[C@]45C=CCN(c6ccc(OC)cc6)C(=O)C4N([C@H](C)CO)C(=O)[C@@H]5[C@@H]3C2=O)cc1. The molecule has 4 aliphatic heterocycles. The minimum Gasteiger partial charge on any atom is -0.497 e. The van der Waals surface area contributed by atoms with Crippen molar-refractivity contribution in [2.75, 3.05) is 43.2 Å². The monoisotopic (exact) mass is 573 g/mol. The Hall–Kier alpha value is -4.15. The number of carbonyl (C=O) groups is 3. The summed E-state index contributed by atoms with van der Waals surface area (Å²) in [4.78, 5) is 47.7. The Morgan fingerprint density at radius 2 is 1.55 bits per heavy atom. The Bertz CT molecular complexity index is 1420. The van der Waals surface area contributed by atoms with Crippen LogP contribution in [-0.4, -0.2) is 84.9 Å². The van der Waals surface area contributed by atoms with Crippen molar-refractivity contribution in [3.8, 4) is 11.5 Å². The van der Waals surface area contributed by atoms with E-state index in [9.17, 15) is 19.5 Å². The number of benzene rings is 2. The molecule has 3 amide bonds. The van der Waals surface area contributed by atoms with E-state index >= 15 is 0 Å². The lowest BCUT2D eigenvalue weighted by molar-refractivity contribution is -0.143. The zero-order valence-electron chi connectivity index (χ0n) is 23.9. The first-order chi connectivity index (χ1) is 20.3. The van der Waals surface area contributed by atoms with E-state index in [1.54, 1.807) is 54.2 Å². The Morgan fingerprint density at radius 1 is 0.929 bits per heavy atom. The third-order valence-electron chi connectivity index (χ3n) is 8.68. The topological polar surface area (TPSA) is 109 Å². The maximum atomic E-state index is 14.4. The molecule has 0 aromatic heterocycles. The van der Waals surface area contributed by atoms with E-state index in [1.807, 2.05) is 49.4 Å². The molecule has 42 heavy (non-hydrogen) atoms. The number of amides is 3. The quantitative estimate of drug-likeness (QED) is 0.507.